The van der Waals surface area contributed by atoms with Gasteiger partial charge in [0.1, 0.15) is 0 Å². The van der Waals surface area contributed by atoms with Crippen LogP contribution in [-0.4, -0.2) is 58.9 Å². The van der Waals surface area contributed by atoms with Crippen molar-refractivity contribution in [1.29, 1.82) is 0 Å². The highest BCUT2D eigenvalue weighted by molar-refractivity contribution is 7.92. The van der Waals surface area contributed by atoms with Crippen LogP contribution in [0.15, 0.2) is 24.3 Å². The molecule has 0 amide bonds. The Morgan fingerprint density at radius 1 is 1.29 bits per heavy atom. The van der Waals surface area contributed by atoms with E-state index < -0.39 is 16.1 Å². The summed E-state index contributed by atoms with van der Waals surface area (Å²) in [6, 6.07) is 6.91. The maximum atomic E-state index is 12.5. The largest absolute Gasteiger partial charge is 0.394 e. The predicted octanol–water partition coefficient (Wildman–Crippen LogP) is 0.403. The smallest absolute Gasteiger partial charge is 0.237 e. The van der Waals surface area contributed by atoms with E-state index in [0.717, 1.165) is 5.56 Å². The van der Waals surface area contributed by atoms with Gasteiger partial charge in [-0.2, -0.15) is 0 Å². The molecule has 7 heteroatoms. The van der Waals surface area contributed by atoms with Gasteiger partial charge in [-0.25, -0.2) is 8.42 Å². The van der Waals surface area contributed by atoms with E-state index in [-0.39, 0.29) is 19.0 Å². The lowest BCUT2D eigenvalue weighted by Crippen LogP contribution is -2.42. The molecule has 0 spiro atoms. The number of nitrogens with zero attached hydrogens (tertiary/aromatic N) is 1. The lowest BCUT2D eigenvalue weighted by Gasteiger charge is -2.25. The van der Waals surface area contributed by atoms with Gasteiger partial charge in [-0.05, 0) is 18.1 Å². The molecule has 1 atom stereocenters. The summed E-state index contributed by atoms with van der Waals surface area (Å²) in [7, 11) is -1.95. The zero-order valence-corrected chi connectivity index (χ0v) is 12.9. The van der Waals surface area contributed by atoms with E-state index in [1.165, 1.54) is 4.31 Å². The fourth-order valence-electron chi connectivity index (χ4n) is 2.45. The zero-order chi connectivity index (χ0) is 15.3. The van der Waals surface area contributed by atoms with Crippen LogP contribution in [0.25, 0.3) is 0 Å². The van der Waals surface area contributed by atoms with E-state index in [2.05, 4.69) is 0 Å². The Labute approximate surface area is 125 Å². The molecule has 0 saturated heterocycles. The van der Waals surface area contributed by atoms with Crippen LogP contribution in [0.5, 0.6) is 0 Å². The van der Waals surface area contributed by atoms with Crippen LogP contribution in [0.1, 0.15) is 5.56 Å². The van der Waals surface area contributed by atoms with E-state index in [0.29, 0.717) is 25.3 Å². The van der Waals surface area contributed by atoms with Crippen molar-refractivity contribution < 1.29 is 23.0 Å². The Balaban J connectivity index is 2.07. The van der Waals surface area contributed by atoms with Gasteiger partial charge in [-0.15, -0.1) is 0 Å². The van der Waals surface area contributed by atoms with Crippen LogP contribution in [0.3, 0.4) is 0 Å². The number of hydrogen-bond acceptors (Lipinski definition) is 5. The maximum Gasteiger partial charge on any atom is 0.237 e. The molecule has 1 heterocycles. The Morgan fingerprint density at radius 3 is 2.76 bits per heavy atom. The fraction of sp³-hybridized carbons (Fsp3) is 0.571. The summed E-state index contributed by atoms with van der Waals surface area (Å²) in [5, 5.41) is 9.46. The average Bonchev–Trinajstić information content (AvgIpc) is 2.86. The summed E-state index contributed by atoms with van der Waals surface area (Å²) in [5.41, 5.74) is 1.61. The Morgan fingerprint density at radius 2 is 2.05 bits per heavy atom. The molecule has 21 heavy (non-hydrogen) atoms. The fourth-order valence-corrected chi connectivity index (χ4v) is 4.05. The van der Waals surface area contributed by atoms with Crippen molar-refractivity contribution >= 4 is 15.7 Å². The number of ether oxygens (including phenoxy) is 2. The number of methoxy groups -OCH3 is 1. The third kappa shape index (κ3) is 3.74. The van der Waals surface area contributed by atoms with Crippen molar-refractivity contribution in [2.75, 3.05) is 43.6 Å². The van der Waals surface area contributed by atoms with Crippen LogP contribution >= 0.6 is 0 Å². The zero-order valence-electron chi connectivity index (χ0n) is 12.1. The minimum Gasteiger partial charge on any atom is -0.394 e. The molecule has 2 rings (SSSR count). The highest BCUT2D eigenvalue weighted by Crippen LogP contribution is 2.34. The number of aliphatic hydroxyl groups is 1. The summed E-state index contributed by atoms with van der Waals surface area (Å²) < 4.78 is 36.4. The lowest BCUT2D eigenvalue weighted by atomic mass is 10.1. The number of sulfonamides is 1. The molecule has 1 aliphatic rings. The van der Waals surface area contributed by atoms with E-state index in [1.54, 1.807) is 19.2 Å². The first kappa shape index (κ1) is 16.2. The van der Waals surface area contributed by atoms with Crippen molar-refractivity contribution in [1.82, 2.24) is 0 Å². The molecule has 0 fully saturated rings. The number of para-hydroxylation sites is 1. The van der Waals surface area contributed by atoms with Gasteiger partial charge in [0, 0.05) is 7.11 Å². The number of benzene rings is 1. The second kappa shape index (κ2) is 7.22. The first-order valence-electron chi connectivity index (χ1n) is 6.87. The maximum absolute atomic E-state index is 12.5. The van der Waals surface area contributed by atoms with Crippen molar-refractivity contribution in [3.63, 3.8) is 0 Å². The van der Waals surface area contributed by atoms with E-state index in [9.17, 15) is 13.5 Å². The molecule has 1 N–H and O–H groups in total. The molecule has 118 valence electrons. The molecule has 0 saturated carbocycles. The molecule has 0 aromatic heterocycles. The Bertz CT molecular complexity index is 560. The molecule has 0 bridgehead atoms. The molecule has 0 aliphatic carbocycles. The molecular formula is C14H21NO5S. The summed E-state index contributed by atoms with van der Waals surface area (Å²) in [6.07, 6.45) is 0.538. The van der Waals surface area contributed by atoms with Crippen LogP contribution in [0.4, 0.5) is 5.69 Å². The van der Waals surface area contributed by atoms with Crippen LogP contribution in [0.2, 0.25) is 0 Å². The standard InChI is InChI=1S/C14H21NO5S/c1-19-6-7-20-8-9-21(17,18)15-13(11-16)10-12-4-2-3-5-14(12)15/h2-5,13,16H,6-11H2,1H3. The normalized spacial score (nSPS) is 18.0. The first-order valence-corrected chi connectivity index (χ1v) is 8.48. The Hall–Kier alpha value is -1.15. The summed E-state index contributed by atoms with van der Waals surface area (Å²) >= 11 is 0. The molecule has 1 aromatic carbocycles. The minimum absolute atomic E-state index is 0.110. The summed E-state index contributed by atoms with van der Waals surface area (Å²) in [6.45, 7) is 0.721. The van der Waals surface area contributed by atoms with Gasteiger partial charge >= 0.3 is 0 Å². The molecule has 1 aliphatic heterocycles. The van der Waals surface area contributed by atoms with Crippen LogP contribution in [-0.2, 0) is 25.9 Å². The van der Waals surface area contributed by atoms with Crippen molar-refractivity contribution in [3.8, 4) is 0 Å². The van der Waals surface area contributed by atoms with Gasteiger partial charge in [0.2, 0.25) is 10.0 Å². The van der Waals surface area contributed by atoms with Crippen molar-refractivity contribution in [3.05, 3.63) is 29.8 Å². The van der Waals surface area contributed by atoms with Gasteiger partial charge in [-0.1, -0.05) is 18.2 Å². The monoisotopic (exact) mass is 315 g/mol. The average molecular weight is 315 g/mol. The number of anilines is 1. The third-order valence-electron chi connectivity index (χ3n) is 3.44. The Kier molecular flexibility index (Phi) is 5.58. The number of aliphatic hydroxyl groups excluding tert-OH is 1. The van der Waals surface area contributed by atoms with E-state index in [1.807, 2.05) is 12.1 Å². The SMILES string of the molecule is COCCOCCS(=O)(=O)N1c2ccccc2CC1CO. The van der Waals surface area contributed by atoms with Crippen LogP contribution in [0, 0.1) is 0 Å². The highest BCUT2D eigenvalue weighted by Gasteiger charge is 2.36. The molecule has 1 aromatic rings. The van der Waals surface area contributed by atoms with E-state index >= 15 is 0 Å². The molecule has 1 unspecified atom stereocenters. The molecule has 0 radical (unpaired) electrons. The van der Waals surface area contributed by atoms with E-state index in [4.69, 9.17) is 9.47 Å². The van der Waals surface area contributed by atoms with Gasteiger partial charge in [0.25, 0.3) is 0 Å². The van der Waals surface area contributed by atoms with Crippen LogP contribution < -0.4 is 4.31 Å². The topological polar surface area (TPSA) is 76.1 Å². The third-order valence-corrected chi connectivity index (χ3v) is 5.22. The summed E-state index contributed by atoms with van der Waals surface area (Å²) in [4.78, 5) is 0. The second-order valence-corrected chi connectivity index (χ2v) is 6.85. The second-order valence-electron chi connectivity index (χ2n) is 4.89. The summed E-state index contributed by atoms with van der Waals surface area (Å²) in [5.74, 6) is -0.110. The number of hydrogen-bond donors (Lipinski definition) is 1. The van der Waals surface area contributed by atoms with Gasteiger partial charge in [-0.3, -0.25) is 4.31 Å². The van der Waals surface area contributed by atoms with Gasteiger partial charge < -0.3 is 14.6 Å². The van der Waals surface area contributed by atoms with Crippen molar-refractivity contribution in [2.24, 2.45) is 0 Å². The lowest BCUT2D eigenvalue weighted by molar-refractivity contribution is 0.0784. The quantitative estimate of drug-likeness (QED) is 0.703. The number of fused-ring (bicyclic) bond motifs is 1. The first-order chi connectivity index (χ1) is 10.1. The minimum atomic E-state index is -3.51. The molecule has 6 nitrogen and oxygen atoms in total. The van der Waals surface area contributed by atoms with Gasteiger partial charge in [0.15, 0.2) is 0 Å². The van der Waals surface area contributed by atoms with Crippen molar-refractivity contribution in [2.45, 2.75) is 12.5 Å². The molecular weight excluding hydrogens is 294 g/mol. The predicted molar refractivity (Wildman–Crippen MR) is 80.0 cm³/mol. The highest BCUT2D eigenvalue weighted by atomic mass is 32.2. The van der Waals surface area contributed by atoms with Gasteiger partial charge in [0.05, 0.1) is 43.9 Å². The number of rotatable bonds is 8.